The molecule has 0 spiro atoms. The van der Waals surface area contributed by atoms with E-state index in [2.05, 4.69) is 40.3 Å². The molecule has 2 aliphatic rings. The van der Waals surface area contributed by atoms with E-state index >= 15 is 0 Å². The van der Waals surface area contributed by atoms with Crippen LogP contribution in [0.2, 0.25) is 0 Å². The number of aromatic nitrogens is 3. The summed E-state index contributed by atoms with van der Waals surface area (Å²) in [5.74, 6) is -6.94. The maximum Gasteiger partial charge on any atom is 0.491 e. The van der Waals surface area contributed by atoms with Gasteiger partial charge < -0.3 is 35.2 Å². The van der Waals surface area contributed by atoms with E-state index in [4.69, 9.17) is 0 Å². The number of aryl methyl sites for hydroxylation is 1. The smallest absolute Gasteiger partial charge is 0.432 e. The van der Waals surface area contributed by atoms with Gasteiger partial charge in [-0.15, -0.1) is 0 Å². The zero-order valence-corrected chi connectivity index (χ0v) is 31.6. The SMILES string of the molecule is CCc1cc(Nc2nccn3c(-c4ccc(OC(F)F)c(F)c4F)cnc23)ccc1C(=O)N[C@@H](C)CNC(=O)C1CCN(CC2CN(C(=O)OC(=O)C(F)(F)F)C2)CC1. The van der Waals surface area contributed by atoms with Gasteiger partial charge >= 0.3 is 24.9 Å². The summed E-state index contributed by atoms with van der Waals surface area (Å²) >= 11 is 0. The maximum atomic E-state index is 14.9. The van der Waals surface area contributed by atoms with E-state index in [0.717, 1.165) is 17.0 Å². The number of nitrogens with one attached hydrogen (secondary N) is 3. The number of esters is 1. The molecule has 2 aromatic carbocycles. The molecule has 0 unspecified atom stereocenters. The number of carbonyl (C=O) groups excluding carboxylic acids is 4. The predicted molar refractivity (Wildman–Crippen MR) is 196 cm³/mol. The topological polar surface area (TPSA) is 159 Å². The lowest BCUT2D eigenvalue weighted by Crippen LogP contribution is -2.55. The highest BCUT2D eigenvalue weighted by molar-refractivity contribution is 5.96. The molecule has 6 rings (SSSR count). The fourth-order valence-corrected chi connectivity index (χ4v) is 6.98. The first-order valence-electron chi connectivity index (χ1n) is 18.6. The van der Waals surface area contributed by atoms with Crippen LogP contribution in [-0.2, 0) is 20.7 Å². The van der Waals surface area contributed by atoms with Crippen molar-refractivity contribution in [1.82, 2.24) is 34.8 Å². The van der Waals surface area contributed by atoms with Crippen molar-refractivity contribution in [3.63, 3.8) is 0 Å². The molecule has 0 bridgehead atoms. The summed E-state index contributed by atoms with van der Waals surface area (Å²) in [6.45, 7) is 2.61. The van der Waals surface area contributed by atoms with Gasteiger partial charge in [0.05, 0.1) is 11.9 Å². The standard InChI is InChI=1S/C38H39F7N8O6/c1-3-22-14-24(50-31-32-47-16-27(53(32)13-10-46-31)26-6-7-28(58-36(41)42)30(40)29(26)39)4-5-25(22)34(55)49-20(2)15-48-33(54)23-8-11-51(12-9-23)17-21-18-52(19-21)37(57)59-35(56)38(43,44)45/h4-7,10,13-14,16,20-21,23,36H,3,8-9,11-12,15,17-19H2,1-2H3,(H,46,50)(H,48,54)(H,49,55)/t20-/m0/s1. The molecule has 2 fully saturated rings. The third-order valence-corrected chi connectivity index (χ3v) is 10.0. The number of amides is 3. The largest absolute Gasteiger partial charge is 0.491 e. The van der Waals surface area contributed by atoms with E-state index in [-0.39, 0.29) is 66.0 Å². The van der Waals surface area contributed by atoms with Crippen LogP contribution >= 0.6 is 0 Å². The van der Waals surface area contributed by atoms with Gasteiger partial charge in [0, 0.05) is 73.3 Å². The first-order chi connectivity index (χ1) is 28.0. The quantitative estimate of drug-likeness (QED) is 0.0869. The number of ether oxygens (including phenoxy) is 2. The Balaban J connectivity index is 0.969. The zero-order valence-electron chi connectivity index (χ0n) is 31.6. The van der Waals surface area contributed by atoms with Crippen molar-refractivity contribution in [2.45, 2.75) is 51.9 Å². The Kier molecular flexibility index (Phi) is 12.9. The number of imidazole rings is 1. The summed E-state index contributed by atoms with van der Waals surface area (Å²) in [7, 11) is 0. The minimum absolute atomic E-state index is 0.00269. The van der Waals surface area contributed by atoms with Gasteiger partial charge in [-0.25, -0.2) is 23.9 Å². The van der Waals surface area contributed by atoms with Gasteiger partial charge in [0.2, 0.25) is 11.7 Å². The van der Waals surface area contributed by atoms with Crippen molar-refractivity contribution in [3.05, 3.63) is 71.7 Å². The van der Waals surface area contributed by atoms with Crippen LogP contribution in [0.4, 0.5) is 47.0 Å². The normalized spacial score (nSPS) is 15.8. The van der Waals surface area contributed by atoms with E-state index in [0.29, 0.717) is 55.7 Å². The van der Waals surface area contributed by atoms with Crippen molar-refractivity contribution < 1.29 is 59.4 Å². The second-order valence-electron chi connectivity index (χ2n) is 14.2. The van der Waals surface area contributed by atoms with Gasteiger partial charge in [0.25, 0.3) is 5.91 Å². The number of fused-ring (bicyclic) bond motifs is 1. The Hall–Kier alpha value is -5.99. The minimum atomic E-state index is -5.25. The number of hydrogen-bond donors (Lipinski definition) is 3. The minimum Gasteiger partial charge on any atom is -0.432 e. The van der Waals surface area contributed by atoms with Crippen molar-refractivity contribution >= 4 is 41.0 Å². The summed E-state index contributed by atoms with van der Waals surface area (Å²) in [6, 6.07) is 6.64. The molecule has 3 amide bonds. The highest BCUT2D eigenvalue weighted by Crippen LogP contribution is 2.33. The van der Waals surface area contributed by atoms with E-state index < -0.39 is 48.3 Å². The van der Waals surface area contributed by atoms with Crippen LogP contribution in [0.1, 0.15) is 42.6 Å². The zero-order chi connectivity index (χ0) is 42.6. The van der Waals surface area contributed by atoms with Crippen molar-refractivity contribution in [3.8, 4) is 17.0 Å². The second kappa shape index (κ2) is 17.9. The number of likely N-dealkylation sites (tertiary alicyclic amines) is 2. The summed E-state index contributed by atoms with van der Waals surface area (Å²) in [4.78, 5) is 60.7. The monoisotopic (exact) mass is 836 g/mol. The molecule has 0 saturated carbocycles. The molecule has 4 heterocycles. The third kappa shape index (κ3) is 10.0. The highest BCUT2D eigenvalue weighted by atomic mass is 19.4. The fraction of sp³-hybridized carbons (Fsp3) is 0.421. The summed E-state index contributed by atoms with van der Waals surface area (Å²) in [5, 5.41) is 8.95. The number of alkyl halides is 5. The number of hydrogen-bond acceptors (Lipinski definition) is 10. The summed E-state index contributed by atoms with van der Waals surface area (Å²) in [6.07, 6.45) is -0.781. The average Bonchev–Trinajstić information content (AvgIpc) is 3.61. The van der Waals surface area contributed by atoms with E-state index in [1.807, 2.05) is 6.92 Å². The lowest BCUT2D eigenvalue weighted by molar-refractivity contribution is -0.194. The average molecular weight is 837 g/mol. The van der Waals surface area contributed by atoms with Gasteiger partial charge in [-0.3, -0.25) is 14.0 Å². The Morgan fingerprint density at radius 3 is 2.41 bits per heavy atom. The molecule has 59 heavy (non-hydrogen) atoms. The number of rotatable bonds is 13. The summed E-state index contributed by atoms with van der Waals surface area (Å²) in [5.41, 5.74) is 1.79. The van der Waals surface area contributed by atoms with Crippen molar-refractivity contribution in [2.75, 3.05) is 44.6 Å². The molecule has 2 aromatic heterocycles. The molecule has 316 valence electrons. The Morgan fingerprint density at radius 1 is 1.00 bits per heavy atom. The first-order valence-corrected chi connectivity index (χ1v) is 18.6. The second-order valence-corrected chi connectivity index (χ2v) is 14.2. The molecule has 14 nitrogen and oxygen atoms in total. The Bertz CT molecular complexity index is 2210. The Labute approximate surface area is 332 Å². The van der Waals surface area contributed by atoms with E-state index in [9.17, 15) is 49.9 Å². The fourth-order valence-electron chi connectivity index (χ4n) is 6.98. The number of halogens is 7. The molecule has 21 heteroatoms. The number of carbonyl (C=O) groups is 4. The number of piperidine rings is 1. The van der Waals surface area contributed by atoms with Gasteiger partial charge in [-0.05, 0) is 75.2 Å². The van der Waals surface area contributed by atoms with Gasteiger partial charge in [0.1, 0.15) is 0 Å². The molecular weight excluding hydrogens is 797 g/mol. The van der Waals surface area contributed by atoms with E-state index in [1.165, 1.54) is 23.0 Å². The van der Waals surface area contributed by atoms with Crippen LogP contribution in [0, 0.1) is 23.5 Å². The van der Waals surface area contributed by atoms with Crippen molar-refractivity contribution in [2.24, 2.45) is 11.8 Å². The molecule has 1 atom stereocenters. The number of nitrogens with zero attached hydrogens (tertiary/aromatic N) is 5. The predicted octanol–water partition coefficient (Wildman–Crippen LogP) is 5.69. The van der Waals surface area contributed by atoms with Crippen LogP contribution in [0.15, 0.2) is 48.9 Å². The Morgan fingerprint density at radius 2 is 1.73 bits per heavy atom. The maximum absolute atomic E-state index is 14.9. The van der Waals surface area contributed by atoms with Crippen LogP contribution in [0.3, 0.4) is 0 Å². The molecular formula is C38H39F7N8O6. The van der Waals surface area contributed by atoms with Crippen molar-refractivity contribution in [1.29, 1.82) is 0 Å². The molecule has 2 saturated heterocycles. The molecule has 3 N–H and O–H groups in total. The lowest BCUT2D eigenvalue weighted by Gasteiger charge is -2.42. The number of benzene rings is 2. The first kappa shape index (κ1) is 42.6. The highest BCUT2D eigenvalue weighted by Gasteiger charge is 2.44. The van der Waals surface area contributed by atoms with E-state index in [1.54, 1.807) is 25.1 Å². The van der Waals surface area contributed by atoms with Gasteiger partial charge in [-0.1, -0.05) is 6.92 Å². The molecule has 0 radical (unpaired) electrons. The van der Waals surface area contributed by atoms with Crippen LogP contribution in [0.5, 0.6) is 5.75 Å². The van der Waals surface area contributed by atoms with Gasteiger partial charge in [-0.2, -0.15) is 26.3 Å². The third-order valence-electron chi connectivity index (χ3n) is 10.0. The molecule has 0 aliphatic carbocycles. The van der Waals surface area contributed by atoms with Crippen LogP contribution in [-0.4, -0.2) is 106 Å². The molecule has 4 aromatic rings. The van der Waals surface area contributed by atoms with Gasteiger partial charge in [0.15, 0.2) is 23.0 Å². The lowest BCUT2D eigenvalue weighted by atomic mass is 9.93. The van der Waals surface area contributed by atoms with Crippen LogP contribution < -0.4 is 20.7 Å². The summed E-state index contributed by atoms with van der Waals surface area (Å²) < 4.78 is 101. The van der Waals surface area contributed by atoms with Crippen LogP contribution in [0.25, 0.3) is 16.9 Å². The molecule has 2 aliphatic heterocycles. The number of anilines is 2.